The van der Waals surface area contributed by atoms with Crippen molar-refractivity contribution < 1.29 is 0 Å². The maximum absolute atomic E-state index is 6.23. The molecule has 0 spiro atoms. The van der Waals surface area contributed by atoms with Gasteiger partial charge in [0.1, 0.15) is 0 Å². The first-order valence-electron chi connectivity index (χ1n) is 5.91. The van der Waals surface area contributed by atoms with Crippen molar-refractivity contribution in [1.82, 2.24) is 5.32 Å². The van der Waals surface area contributed by atoms with E-state index in [1.807, 2.05) is 18.2 Å². The molecule has 1 unspecified atom stereocenters. The van der Waals surface area contributed by atoms with Gasteiger partial charge in [0.15, 0.2) is 0 Å². The highest BCUT2D eigenvalue weighted by molar-refractivity contribution is 9.10. The van der Waals surface area contributed by atoms with Gasteiger partial charge in [-0.1, -0.05) is 41.4 Å². The molecule has 4 heteroatoms. The molecule has 1 aromatic rings. The molecule has 0 bridgehead atoms. The van der Waals surface area contributed by atoms with Gasteiger partial charge in [-0.2, -0.15) is 0 Å². The molecule has 1 heterocycles. The number of nitrogens with one attached hydrogen (secondary N) is 2. The standard InChI is InChI=1S/C13H18BrClN2/c1-13(2)8-16-6-5-12(13)17-11-4-3-9(14)7-10(11)15/h3-4,7,12,16-17H,5-6,8H2,1-2H3. The van der Waals surface area contributed by atoms with Crippen LogP contribution in [-0.4, -0.2) is 19.1 Å². The summed E-state index contributed by atoms with van der Waals surface area (Å²) in [6, 6.07) is 6.44. The fourth-order valence-corrected chi connectivity index (χ4v) is 2.96. The van der Waals surface area contributed by atoms with E-state index < -0.39 is 0 Å². The molecule has 1 fully saturated rings. The Kier molecular flexibility index (Phi) is 4.01. The zero-order valence-corrected chi connectivity index (χ0v) is 12.5. The highest BCUT2D eigenvalue weighted by atomic mass is 79.9. The van der Waals surface area contributed by atoms with Crippen LogP contribution in [0.5, 0.6) is 0 Å². The van der Waals surface area contributed by atoms with Gasteiger partial charge in [-0.05, 0) is 36.6 Å². The molecule has 94 valence electrons. The van der Waals surface area contributed by atoms with Crippen molar-refractivity contribution in [3.8, 4) is 0 Å². The number of anilines is 1. The van der Waals surface area contributed by atoms with Crippen LogP contribution in [-0.2, 0) is 0 Å². The topological polar surface area (TPSA) is 24.1 Å². The van der Waals surface area contributed by atoms with Crippen molar-refractivity contribution >= 4 is 33.2 Å². The third-order valence-electron chi connectivity index (χ3n) is 3.39. The minimum Gasteiger partial charge on any atom is -0.380 e. The predicted molar refractivity (Wildman–Crippen MR) is 77.8 cm³/mol. The molecule has 0 aromatic heterocycles. The van der Waals surface area contributed by atoms with Gasteiger partial charge in [0.25, 0.3) is 0 Å². The lowest BCUT2D eigenvalue weighted by atomic mass is 9.80. The number of piperidine rings is 1. The lowest BCUT2D eigenvalue weighted by Gasteiger charge is -2.40. The fourth-order valence-electron chi connectivity index (χ4n) is 2.23. The Bertz CT molecular complexity index is 406. The number of rotatable bonds is 2. The van der Waals surface area contributed by atoms with Gasteiger partial charge in [0.2, 0.25) is 0 Å². The van der Waals surface area contributed by atoms with Crippen molar-refractivity contribution in [3.05, 3.63) is 27.7 Å². The third kappa shape index (κ3) is 3.15. The Hall–Kier alpha value is -0.250. The zero-order valence-electron chi connectivity index (χ0n) is 10.2. The summed E-state index contributed by atoms with van der Waals surface area (Å²) >= 11 is 9.66. The molecule has 1 aliphatic rings. The maximum atomic E-state index is 6.23. The normalized spacial score (nSPS) is 23.4. The van der Waals surface area contributed by atoms with E-state index in [-0.39, 0.29) is 5.41 Å². The lowest BCUT2D eigenvalue weighted by molar-refractivity contribution is 0.236. The van der Waals surface area contributed by atoms with Crippen LogP contribution < -0.4 is 10.6 Å². The maximum Gasteiger partial charge on any atom is 0.0648 e. The van der Waals surface area contributed by atoms with Crippen molar-refractivity contribution in [3.63, 3.8) is 0 Å². The van der Waals surface area contributed by atoms with Crippen LogP contribution in [0.3, 0.4) is 0 Å². The first-order valence-corrected chi connectivity index (χ1v) is 7.08. The van der Waals surface area contributed by atoms with Gasteiger partial charge in [-0.25, -0.2) is 0 Å². The second kappa shape index (κ2) is 5.17. The summed E-state index contributed by atoms with van der Waals surface area (Å²) in [5.74, 6) is 0. The Balaban J connectivity index is 2.14. The SMILES string of the molecule is CC1(C)CNCCC1Nc1ccc(Br)cc1Cl. The smallest absolute Gasteiger partial charge is 0.0648 e. The van der Waals surface area contributed by atoms with Crippen LogP contribution in [0, 0.1) is 5.41 Å². The van der Waals surface area contributed by atoms with Crippen molar-refractivity contribution in [2.75, 3.05) is 18.4 Å². The van der Waals surface area contributed by atoms with Gasteiger partial charge >= 0.3 is 0 Å². The molecule has 0 aliphatic carbocycles. The van der Waals surface area contributed by atoms with E-state index in [1.165, 1.54) is 0 Å². The van der Waals surface area contributed by atoms with Gasteiger partial charge in [-0.3, -0.25) is 0 Å². The summed E-state index contributed by atoms with van der Waals surface area (Å²) in [7, 11) is 0. The zero-order chi connectivity index (χ0) is 12.5. The van der Waals surface area contributed by atoms with Crippen LogP contribution in [0.1, 0.15) is 20.3 Å². The summed E-state index contributed by atoms with van der Waals surface area (Å²) in [5, 5.41) is 7.78. The largest absolute Gasteiger partial charge is 0.380 e. The van der Waals surface area contributed by atoms with Crippen LogP contribution in [0.15, 0.2) is 22.7 Å². The molecule has 2 N–H and O–H groups in total. The Morgan fingerprint density at radius 2 is 2.24 bits per heavy atom. The molecule has 0 saturated carbocycles. The third-order valence-corrected chi connectivity index (χ3v) is 4.20. The van der Waals surface area contributed by atoms with E-state index in [0.29, 0.717) is 6.04 Å². The quantitative estimate of drug-likeness (QED) is 0.864. The van der Waals surface area contributed by atoms with Crippen LogP contribution in [0.2, 0.25) is 5.02 Å². The van der Waals surface area contributed by atoms with E-state index in [0.717, 1.165) is 34.7 Å². The lowest BCUT2D eigenvalue weighted by Crippen LogP contribution is -2.49. The highest BCUT2D eigenvalue weighted by Gasteiger charge is 2.32. The number of benzene rings is 1. The molecule has 0 radical (unpaired) electrons. The predicted octanol–water partition coefficient (Wildman–Crippen LogP) is 3.90. The van der Waals surface area contributed by atoms with Gasteiger partial charge in [-0.15, -0.1) is 0 Å². The van der Waals surface area contributed by atoms with Crippen molar-refractivity contribution in [2.45, 2.75) is 26.3 Å². The summed E-state index contributed by atoms with van der Waals surface area (Å²) in [6.07, 6.45) is 1.12. The molecule has 1 aromatic carbocycles. The molecular formula is C13H18BrClN2. The molecule has 17 heavy (non-hydrogen) atoms. The number of hydrogen-bond donors (Lipinski definition) is 2. The average Bonchev–Trinajstić information content (AvgIpc) is 2.24. The average molecular weight is 318 g/mol. The molecule has 2 rings (SSSR count). The van der Waals surface area contributed by atoms with E-state index in [4.69, 9.17) is 11.6 Å². The second-order valence-electron chi connectivity index (χ2n) is 5.28. The van der Waals surface area contributed by atoms with E-state index in [1.54, 1.807) is 0 Å². The Morgan fingerprint density at radius 1 is 1.47 bits per heavy atom. The first-order chi connectivity index (χ1) is 7.99. The summed E-state index contributed by atoms with van der Waals surface area (Å²) in [6.45, 7) is 6.67. The first kappa shape index (κ1) is 13.2. The number of halogens is 2. The second-order valence-corrected chi connectivity index (χ2v) is 6.60. The molecule has 1 aliphatic heterocycles. The molecule has 2 nitrogen and oxygen atoms in total. The summed E-state index contributed by atoms with van der Waals surface area (Å²) < 4.78 is 1.01. The van der Waals surface area contributed by atoms with Crippen molar-refractivity contribution in [2.24, 2.45) is 5.41 Å². The van der Waals surface area contributed by atoms with E-state index in [2.05, 4.69) is 40.4 Å². The Morgan fingerprint density at radius 3 is 2.88 bits per heavy atom. The number of hydrogen-bond acceptors (Lipinski definition) is 2. The van der Waals surface area contributed by atoms with Gasteiger partial charge < -0.3 is 10.6 Å². The van der Waals surface area contributed by atoms with E-state index >= 15 is 0 Å². The molecule has 1 saturated heterocycles. The van der Waals surface area contributed by atoms with Gasteiger partial charge in [0.05, 0.1) is 10.7 Å². The minimum atomic E-state index is 0.245. The molecular weight excluding hydrogens is 300 g/mol. The fraction of sp³-hybridized carbons (Fsp3) is 0.538. The monoisotopic (exact) mass is 316 g/mol. The minimum absolute atomic E-state index is 0.245. The van der Waals surface area contributed by atoms with Crippen LogP contribution >= 0.6 is 27.5 Å². The Labute approximate surface area is 116 Å². The highest BCUT2D eigenvalue weighted by Crippen LogP contribution is 2.32. The van der Waals surface area contributed by atoms with Crippen LogP contribution in [0.4, 0.5) is 5.69 Å². The van der Waals surface area contributed by atoms with Crippen LogP contribution in [0.25, 0.3) is 0 Å². The van der Waals surface area contributed by atoms with Gasteiger partial charge in [0, 0.05) is 17.1 Å². The molecule has 1 atom stereocenters. The summed E-state index contributed by atoms with van der Waals surface area (Å²) in [4.78, 5) is 0. The van der Waals surface area contributed by atoms with Crippen molar-refractivity contribution in [1.29, 1.82) is 0 Å². The molecule has 0 amide bonds. The van der Waals surface area contributed by atoms with E-state index in [9.17, 15) is 0 Å². The summed E-state index contributed by atoms with van der Waals surface area (Å²) in [5.41, 5.74) is 1.27.